The van der Waals surface area contributed by atoms with Gasteiger partial charge in [0, 0.05) is 38.2 Å². The number of hydrogen-bond acceptors (Lipinski definition) is 4. The number of para-hydroxylation sites is 1. The van der Waals surface area contributed by atoms with Gasteiger partial charge in [-0.05, 0) is 24.6 Å². The highest BCUT2D eigenvalue weighted by Crippen LogP contribution is 2.32. The van der Waals surface area contributed by atoms with Crippen molar-refractivity contribution in [3.05, 3.63) is 29.8 Å². The summed E-state index contributed by atoms with van der Waals surface area (Å²) in [7, 11) is 0. The minimum Gasteiger partial charge on any atom is -0.379 e. The first-order valence-electron chi connectivity index (χ1n) is 9.18. The Kier molecular flexibility index (Phi) is 6.04. The molecule has 1 fully saturated rings. The normalized spacial score (nSPS) is 20.4. The van der Waals surface area contributed by atoms with Crippen LogP contribution in [0.3, 0.4) is 0 Å². The van der Waals surface area contributed by atoms with E-state index in [1.807, 2.05) is 31.2 Å². The molecule has 1 aromatic rings. The molecule has 6 nitrogen and oxygen atoms in total. The molecule has 0 aromatic heterocycles. The molecule has 1 unspecified atom stereocenters. The van der Waals surface area contributed by atoms with Gasteiger partial charge in [-0.3, -0.25) is 19.4 Å². The van der Waals surface area contributed by atoms with E-state index in [2.05, 4.69) is 10.2 Å². The van der Waals surface area contributed by atoms with E-state index in [4.69, 9.17) is 4.74 Å². The Morgan fingerprint density at radius 1 is 1.24 bits per heavy atom. The third-order valence-electron chi connectivity index (χ3n) is 4.90. The number of hydrogen-bond donors (Lipinski definition) is 1. The fourth-order valence-electron chi connectivity index (χ4n) is 3.53. The van der Waals surface area contributed by atoms with Crippen molar-refractivity contribution in [2.45, 2.75) is 32.2 Å². The van der Waals surface area contributed by atoms with Crippen molar-refractivity contribution >= 4 is 17.5 Å². The Morgan fingerprint density at radius 2 is 2.00 bits per heavy atom. The van der Waals surface area contributed by atoms with Crippen LogP contribution in [0.25, 0.3) is 0 Å². The quantitative estimate of drug-likeness (QED) is 0.787. The third-order valence-corrected chi connectivity index (χ3v) is 4.90. The minimum absolute atomic E-state index is 0.00147. The molecule has 3 rings (SSSR count). The lowest BCUT2D eigenvalue weighted by molar-refractivity contribution is -0.126. The fraction of sp³-hybridized carbons (Fsp3) is 0.579. The van der Waals surface area contributed by atoms with Gasteiger partial charge in [-0.15, -0.1) is 0 Å². The number of morpholine rings is 1. The van der Waals surface area contributed by atoms with Crippen LogP contribution in [0.1, 0.15) is 25.3 Å². The summed E-state index contributed by atoms with van der Waals surface area (Å²) in [5.41, 5.74) is 1.94. The van der Waals surface area contributed by atoms with Crippen LogP contribution in [0.5, 0.6) is 0 Å². The smallest absolute Gasteiger partial charge is 0.243 e. The maximum Gasteiger partial charge on any atom is 0.243 e. The molecule has 25 heavy (non-hydrogen) atoms. The minimum atomic E-state index is -0.423. The number of nitrogens with one attached hydrogen (secondary N) is 1. The molecule has 1 atom stereocenters. The van der Waals surface area contributed by atoms with Crippen molar-refractivity contribution in [3.63, 3.8) is 0 Å². The summed E-state index contributed by atoms with van der Waals surface area (Å²) in [4.78, 5) is 29.0. The molecule has 2 aliphatic heterocycles. The lowest BCUT2D eigenvalue weighted by atomic mass is 10.1. The molecule has 1 N–H and O–H groups in total. The highest BCUT2D eigenvalue weighted by molar-refractivity contribution is 6.03. The van der Waals surface area contributed by atoms with Crippen molar-refractivity contribution in [3.8, 4) is 0 Å². The largest absolute Gasteiger partial charge is 0.379 e. The number of nitrogens with zero attached hydrogens (tertiary/aromatic N) is 2. The van der Waals surface area contributed by atoms with E-state index in [0.29, 0.717) is 19.4 Å². The number of carbonyl (C=O) groups is 2. The maximum absolute atomic E-state index is 12.7. The molecule has 2 amide bonds. The van der Waals surface area contributed by atoms with Gasteiger partial charge in [0.05, 0.1) is 13.2 Å². The average molecular weight is 345 g/mol. The van der Waals surface area contributed by atoms with Gasteiger partial charge in [0.2, 0.25) is 11.8 Å². The molecule has 2 heterocycles. The zero-order valence-corrected chi connectivity index (χ0v) is 14.9. The second-order valence-electron chi connectivity index (χ2n) is 6.56. The van der Waals surface area contributed by atoms with Crippen molar-refractivity contribution in [2.24, 2.45) is 0 Å². The summed E-state index contributed by atoms with van der Waals surface area (Å²) in [6, 6.07) is 7.37. The molecule has 0 bridgehead atoms. The zero-order valence-electron chi connectivity index (χ0n) is 14.9. The second kappa shape index (κ2) is 8.45. The van der Waals surface area contributed by atoms with Crippen LogP contribution in [0, 0.1) is 0 Å². The van der Waals surface area contributed by atoms with Crippen molar-refractivity contribution in [1.82, 2.24) is 10.2 Å². The SMILES string of the molecule is CCC(=O)N1c2ccccc2CC1C(=O)NCCCN1CCOCC1. The standard InChI is InChI=1S/C19H27N3O3/c1-2-18(23)22-16-7-4-3-6-15(16)14-17(22)19(24)20-8-5-9-21-10-12-25-13-11-21/h3-4,6-7,17H,2,5,8-14H2,1H3,(H,20,24). The summed E-state index contributed by atoms with van der Waals surface area (Å²) in [6.07, 6.45) is 1.90. The first-order valence-corrected chi connectivity index (χ1v) is 9.18. The average Bonchev–Trinajstić information content (AvgIpc) is 3.05. The lowest BCUT2D eigenvalue weighted by Crippen LogP contribution is -2.48. The number of rotatable bonds is 6. The van der Waals surface area contributed by atoms with Crippen LogP contribution in [-0.2, 0) is 20.7 Å². The maximum atomic E-state index is 12.7. The van der Waals surface area contributed by atoms with Gasteiger partial charge < -0.3 is 10.1 Å². The number of fused-ring (bicyclic) bond motifs is 1. The van der Waals surface area contributed by atoms with Gasteiger partial charge in [0.25, 0.3) is 0 Å². The predicted octanol–water partition coefficient (Wildman–Crippen LogP) is 1.19. The van der Waals surface area contributed by atoms with Gasteiger partial charge in [0.1, 0.15) is 6.04 Å². The summed E-state index contributed by atoms with van der Waals surface area (Å²) in [6.45, 7) is 6.95. The van der Waals surface area contributed by atoms with Crippen molar-refractivity contribution in [2.75, 3.05) is 44.3 Å². The monoisotopic (exact) mass is 345 g/mol. The van der Waals surface area contributed by atoms with Crippen LogP contribution in [0.4, 0.5) is 5.69 Å². The van der Waals surface area contributed by atoms with Gasteiger partial charge >= 0.3 is 0 Å². The summed E-state index contributed by atoms with van der Waals surface area (Å²) in [5.74, 6) is -0.0570. The van der Waals surface area contributed by atoms with Crippen LogP contribution in [0.2, 0.25) is 0 Å². The zero-order chi connectivity index (χ0) is 17.6. The first-order chi connectivity index (χ1) is 12.2. The number of amides is 2. The second-order valence-corrected chi connectivity index (χ2v) is 6.56. The Labute approximate surface area is 149 Å². The fourth-order valence-corrected chi connectivity index (χ4v) is 3.53. The van der Waals surface area contributed by atoms with Crippen LogP contribution in [-0.4, -0.2) is 62.1 Å². The highest BCUT2D eigenvalue weighted by Gasteiger charge is 2.37. The van der Waals surface area contributed by atoms with E-state index in [-0.39, 0.29) is 11.8 Å². The topological polar surface area (TPSA) is 61.9 Å². The Bertz CT molecular complexity index is 614. The van der Waals surface area contributed by atoms with Crippen LogP contribution in [0.15, 0.2) is 24.3 Å². The van der Waals surface area contributed by atoms with Crippen LogP contribution >= 0.6 is 0 Å². The molecular weight excluding hydrogens is 318 g/mol. The van der Waals surface area contributed by atoms with Crippen molar-refractivity contribution in [1.29, 1.82) is 0 Å². The van der Waals surface area contributed by atoms with Crippen molar-refractivity contribution < 1.29 is 14.3 Å². The molecule has 1 aromatic carbocycles. The Hall–Kier alpha value is -1.92. The summed E-state index contributed by atoms with van der Waals surface area (Å²) < 4.78 is 5.34. The molecule has 6 heteroatoms. The van der Waals surface area contributed by atoms with Gasteiger partial charge in [-0.25, -0.2) is 0 Å². The predicted molar refractivity (Wildman–Crippen MR) is 96.6 cm³/mol. The third kappa shape index (κ3) is 4.19. The molecule has 2 aliphatic rings. The number of ether oxygens (including phenoxy) is 1. The summed E-state index contributed by atoms with van der Waals surface area (Å²) in [5, 5.41) is 3.02. The highest BCUT2D eigenvalue weighted by atomic mass is 16.5. The number of anilines is 1. The molecule has 0 saturated carbocycles. The molecule has 0 aliphatic carbocycles. The van der Waals surface area contributed by atoms with E-state index < -0.39 is 6.04 Å². The van der Waals surface area contributed by atoms with Gasteiger partial charge in [-0.2, -0.15) is 0 Å². The van der Waals surface area contributed by atoms with E-state index in [0.717, 1.165) is 50.5 Å². The van der Waals surface area contributed by atoms with E-state index in [1.54, 1.807) is 4.90 Å². The lowest BCUT2D eigenvalue weighted by Gasteiger charge is -2.27. The van der Waals surface area contributed by atoms with E-state index in [1.165, 1.54) is 0 Å². The molecule has 1 saturated heterocycles. The summed E-state index contributed by atoms with van der Waals surface area (Å²) >= 11 is 0. The molecule has 136 valence electrons. The van der Waals surface area contributed by atoms with Gasteiger partial charge in [0.15, 0.2) is 0 Å². The molecular formula is C19H27N3O3. The number of benzene rings is 1. The molecule has 0 radical (unpaired) electrons. The molecule has 0 spiro atoms. The van der Waals surface area contributed by atoms with Gasteiger partial charge in [-0.1, -0.05) is 25.1 Å². The number of carbonyl (C=O) groups excluding carboxylic acids is 2. The Balaban J connectivity index is 1.53. The van der Waals surface area contributed by atoms with Crippen LogP contribution < -0.4 is 10.2 Å². The Morgan fingerprint density at radius 3 is 2.76 bits per heavy atom. The van der Waals surface area contributed by atoms with E-state index >= 15 is 0 Å². The van der Waals surface area contributed by atoms with E-state index in [9.17, 15) is 9.59 Å². The first kappa shape index (κ1) is 17.9.